The molecule has 0 aromatic heterocycles. The monoisotopic (exact) mass is 169 g/mol. The lowest BCUT2D eigenvalue weighted by atomic mass is 10.3. The third-order valence-corrected chi connectivity index (χ3v) is 2.29. The Bertz CT molecular complexity index is 214. The van der Waals surface area contributed by atoms with E-state index in [1.807, 2.05) is 20.8 Å². The first-order chi connectivity index (χ1) is 5.63. The maximum Gasteiger partial charge on any atom is 0.326 e. The Labute approximate surface area is 72.7 Å². The Morgan fingerprint density at radius 3 is 2.25 bits per heavy atom. The molecule has 0 saturated carbocycles. The molecule has 4 heteroatoms. The van der Waals surface area contributed by atoms with Crippen LogP contribution >= 0.6 is 0 Å². The molecular weight excluding hydrogens is 154 g/mol. The molecule has 0 spiro atoms. The fraction of sp³-hybridized carbons (Fsp3) is 0.750. The van der Waals surface area contributed by atoms with Gasteiger partial charge in [-0.1, -0.05) is 0 Å². The molecule has 0 radical (unpaired) electrons. The minimum Gasteiger partial charge on any atom is -0.315 e. The number of amidine groups is 1. The van der Waals surface area contributed by atoms with Crippen LogP contribution in [-0.4, -0.2) is 40.8 Å². The Morgan fingerprint density at radius 1 is 1.42 bits per heavy atom. The van der Waals surface area contributed by atoms with E-state index in [1.165, 1.54) is 4.90 Å². The number of amides is 2. The Hall–Kier alpha value is -1.06. The van der Waals surface area contributed by atoms with Crippen LogP contribution < -0.4 is 0 Å². The lowest BCUT2D eigenvalue weighted by molar-refractivity contribution is 0.192. The SMILES string of the molecule is CCN1C(=N)C(C)N(CC)C1=O. The van der Waals surface area contributed by atoms with Gasteiger partial charge in [0.2, 0.25) is 0 Å². The zero-order valence-electron chi connectivity index (χ0n) is 7.79. The molecule has 1 aliphatic rings. The highest BCUT2D eigenvalue weighted by molar-refractivity contribution is 6.05. The molecule has 0 bridgehead atoms. The van der Waals surface area contributed by atoms with Crippen molar-refractivity contribution in [3.8, 4) is 0 Å². The number of hydrogen-bond acceptors (Lipinski definition) is 2. The minimum absolute atomic E-state index is 0.0301. The summed E-state index contributed by atoms with van der Waals surface area (Å²) < 4.78 is 0. The van der Waals surface area contributed by atoms with Gasteiger partial charge in [-0.3, -0.25) is 10.3 Å². The molecule has 2 amide bonds. The molecule has 1 rings (SSSR count). The summed E-state index contributed by atoms with van der Waals surface area (Å²) in [5, 5.41) is 7.64. The van der Waals surface area contributed by atoms with Crippen LogP contribution in [-0.2, 0) is 0 Å². The first kappa shape index (κ1) is 9.03. The van der Waals surface area contributed by atoms with Gasteiger partial charge in [-0.05, 0) is 20.8 Å². The van der Waals surface area contributed by atoms with Gasteiger partial charge in [-0.2, -0.15) is 0 Å². The highest BCUT2D eigenvalue weighted by atomic mass is 16.2. The van der Waals surface area contributed by atoms with Gasteiger partial charge >= 0.3 is 6.03 Å². The van der Waals surface area contributed by atoms with Crippen molar-refractivity contribution in [1.29, 1.82) is 5.41 Å². The van der Waals surface area contributed by atoms with Crippen LogP contribution in [0.5, 0.6) is 0 Å². The molecule has 1 N–H and O–H groups in total. The van der Waals surface area contributed by atoms with E-state index in [0.29, 0.717) is 18.9 Å². The second-order valence-electron chi connectivity index (χ2n) is 2.87. The number of rotatable bonds is 2. The molecule has 4 nitrogen and oxygen atoms in total. The van der Waals surface area contributed by atoms with Crippen LogP contribution in [0, 0.1) is 5.41 Å². The van der Waals surface area contributed by atoms with Crippen LogP contribution in [0.4, 0.5) is 4.79 Å². The summed E-state index contributed by atoms with van der Waals surface area (Å²) in [6, 6.07) is -0.0834. The van der Waals surface area contributed by atoms with Crippen LogP contribution in [0.15, 0.2) is 0 Å². The van der Waals surface area contributed by atoms with Gasteiger partial charge in [-0.15, -0.1) is 0 Å². The highest BCUT2D eigenvalue weighted by Crippen LogP contribution is 2.16. The van der Waals surface area contributed by atoms with Crippen molar-refractivity contribution in [2.24, 2.45) is 0 Å². The van der Waals surface area contributed by atoms with Crippen molar-refractivity contribution in [2.75, 3.05) is 13.1 Å². The smallest absolute Gasteiger partial charge is 0.315 e. The summed E-state index contributed by atoms with van der Waals surface area (Å²) in [6.45, 7) is 6.98. The number of carbonyl (C=O) groups is 1. The van der Waals surface area contributed by atoms with E-state index in [4.69, 9.17) is 5.41 Å². The van der Waals surface area contributed by atoms with Gasteiger partial charge in [0, 0.05) is 13.1 Å². The van der Waals surface area contributed by atoms with Crippen LogP contribution in [0.25, 0.3) is 0 Å². The molecule has 1 fully saturated rings. The molecule has 1 aliphatic heterocycles. The fourth-order valence-electron chi connectivity index (χ4n) is 1.51. The summed E-state index contributed by atoms with van der Waals surface area (Å²) in [4.78, 5) is 14.7. The minimum atomic E-state index is -0.0533. The molecule has 0 aromatic rings. The molecular formula is C8H15N3O. The van der Waals surface area contributed by atoms with E-state index in [1.54, 1.807) is 4.90 Å². The predicted molar refractivity (Wildman–Crippen MR) is 47.3 cm³/mol. The molecule has 0 aliphatic carbocycles. The molecule has 1 heterocycles. The second-order valence-corrected chi connectivity index (χ2v) is 2.87. The molecule has 0 aromatic carbocycles. The highest BCUT2D eigenvalue weighted by Gasteiger charge is 2.37. The quantitative estimate of drug-likeness (QED) is 0.661. The van der Waals surface area contributed by atoms with Gasteiger partial charge in [0.05, 0.1) is 6.04 Å². The van der Waals surface area contributed by atoms with Crippen LogP contribution in [0.3, 0.4) is 0 Å². The van der Waals surface area contributed by atoms with Gasteiger partial charge in [0.25, 0.3) is 0 Å². The Kier molecular flexibility index (Phi) is 2.35. The average molecular weight is 169 g/mol. The summed E-state index contributed by atoms with van der Waals surface area (Å²) in [5.74, 6) is 0.421. The van der Waals surface area contributed by atoms with E-state index in [2.05, 4.69) is 0 Å². The summed E-state index contributed by atoms with van der Waals surface area (Å²) in [7, 11) is 0. The number of carbonyl (C=O) groups excluding carboxylic acids is 1. The van der Waals surface area contributed by atoms with Crippen molar-refractivity contribution < 1.29 is 4.79 Å². The third-order valence-electron chi connectivity index (χ3n) is 2.29. The molecule has 12 heavy (non-hydrogen) atoms. The number of urea groups is 1. The van der Waals surface area contributed by atoms with Crippen molar-refractivity contribution in [3.05, 3.63) is 0 Å². The normalized spacial score (nSPS) is 24.1. The van der Waals surface area contributed by atoms with Gasteiger partial charge in [0.15, 0.2) is 0 Å². The summed E-state index contributed by atoms with van der Waals surface area (Å²) in [5.41, 5.74) is 0. The van der Waals surface area contributed by atoms with E-state index in [-0.39, 0.29) is 12.1 Å². The molecule has 68 valence electrons. The van der Waals surface area contributed by atoms with E-state index >= 15 is 0 Å². The van der Waals surface area contributed by atoms with Crippen molar-refractivity contribution in [3.63, 3.8) is 0 Å². The van der Waals surface area contributed by atoms with E-state index < -0.39 is 0 Å². The zero-order valence-corrected chi connectivity index (χ0v) is 7.79. The van der Waals surface area contributed by atoms with E-state index in [9.17, 15) is 4.79 Å². The standard InChI is InChI=1S/C8H15N3O/c1-4-10-6(3)7(9)11(5-2)8(10)12/h6,9H,4-5H2,1-3H3. The van der Waals surface area contributed by atoms with Crippen LogP contribution in [0.1, 0.15) is 20.8 Å². The lowest BCUT2D eigenvalue weighted by Crippen LogP contribution is -2.33. The summed E-state index contributed by atoms with van der Waals surface area (Å²) in [6.07, 6.45) is 0. The average Bonchev–Trinajstić information content (AvgIpc) is 2.25. The molecule has 1 unspecified atom stereocenters. The maximum absolute atomic E-state index is 11.5. The Balaban J connectivity index is 2.85. The molecule has 1 atom stereocenters. The first-order valence-corrected chi connectivity index (χ1v) is 4.30. The summed E-state index contributed by atoms with van der Waals surface area (Å²) >= 11 is 0. The number of nitrogens with one attached hydrogen (secondary N) is 1. The lowest BCUT2D eigenvalue weighted by Gasteiger charge is -2.16. The first-order valence-electron chi connectivity index (χ1n) is 4.30. The number of hydrogen-bond donors (Lipinski definition) is 1. The largest absolute Gasteiger partial charge is 0.326 e. The number of nitrogens with zero attached hydrogens (tertiary/aromatic N) is 2. The fourth-order valence-corrected chi connectivity index (χ4v) is 1.51. The third kappa shape index (κ3) is 1.07. The van der Waals surface area contributed by atoms with Crippen molar-refractivity contribution in [1.82, 2.24) is 9.80 Å². The van der Waals surface area contributed by atoms with Gasteiger partial charge < -0.3 is 4.90 Å². The topological polar surface area (TPSA) is 47.4 Å². The predicted octanol–water partition coefficient (Wildman–Crippen LogP) is 1.13. The van der Waals surface area contributed by atoms with Gasteiger partial charge in [-0.25, -0.2) is 4.79 Å². The van der Waals surface area contributed by atoms with Gasteiger partial charge in [0.1, 0.15) is 5.84 Å². The second kappa shape index (κ2) is 3.13. The zero-order chi connectivity index (χ0) is 9.30. The molecule has 1 saturated heterocycles. The van der Waals surface area contributed by atoms with E-state index in [0.717, 1.165) is 0 Å². The van der Waals surface area contributed by atoms with Crippen molar-refractivity contribution in [2.45, 2.75) is 26.8 Å². The maximum atomic E-state index is 11.5. The number of likely N-dealkylation sites (N-methyl/N-ethyl adjacent to an activating group) is 2. The van der Waals surface area contributed by atoms with Crippen molar-refractivity contribution >= 4 is 11.9 Å². The Morgan fingerprint density at radius 2 is 2.00 bits per heavy atom. The van der Waals surface area contributed by atoms with Crippen LogP contribution in [0.2, 0.25) is 0 Å².